The lowest BCUT2D eigenvalue weighted by Crippen LogP contribution is -2.23. The van der Waals surface area contributed by atoms with Gasteiger partial charge < -0.3 is 5.73 Å². The van der Waals surface area contributed by atoms with Gasteiger partial charge >= 0.3 is 0 Å². The Kier molecular flexibility index (Phi) is 5.22. The Morgan fingerprint density at radius 3 is 2.61 bits per heavy atom. The first kappa shape index (κ1) is 14.1. The number of hydrazone groups is 1. The summed E-state index contributed by atoms with van der Waals surface area (Å²) in [6.07, 6.45) is 2.91. The van der Waals surface area contributed by atoms with Gasteiger partial charge in [-0.1, -0.05) is 11.6 Å². The summed E-state index contributed by atoms with van der Waals surface area (Å²) in [5.41, 5.74) is 8.24. The van der Waals surface area contributed by atoms with E-state index in [1.54, 1.807) is 18.2 Å². The first-order valence-corrected chi connectivity index (χ1v) is 5.48. The molecule has 0 heterocycles. The Hall–Kier alpha value is -1.99. The van der Waals surface area contributed by atoms with Crippen LogP contribution in [0.4, 0.5) is 5.69 Å². The monoisotopic (exact) mass is 284 g/mol. The molecule has 0 bridgehead atoms. The number of hydrogen-bond acceptors (Lipinski definition) is 4. The van der Waals surface area contributed by atoms with Gasteiger partial charge in [0.25, 0.3) is 5.69 Å². The number of halogens is 1. The minimum atomic E-state index is -0.470. The Morgan fingerprint density at radius 1 is 1.50 bits per heavy atom. The van der Waals surface area contributed by atoms with Crippen LogP contribution in [0.5, 0.6) is 0 Å². The van der Waals surface area contributed by atoms with E-state index in [4.69, 9.17) is 17.3 Å². The van der Waals surface area contributed by atoms with Crippen molar-refractivity contribution < 1.29 is 4.92 Å². The lowest BCUT2D eigenvalue weighted by Gasteiger charge is -1.95. The van der Waals surface area contributed by atoms with Gasteiger partial charge in [-0.3, -0.25) is 15.5 Å². The summed E-state index contributed by atoms with van der Waals surface area (Å²) in [6.45, 7) is 0. The van der Waals surface area contributed by atoms with Crippen LogP contribution in [0.2, 0.25) is 0 Å². The molecule has 1 rings (SSSR count). The summed E-state index contributed by atoms with van der Waals surface area (Å²) in [5, 5.41) is 14.5. The Bertz CT molecular complexity index is 513. The van der Waals surface area contributed by atoms with Crippen LogP contribution in [0.3, 0.4) is 0 Å². The number of hydrogen-bond donors (Lipinski definition) is 2. The molecule has 0 fully saturated rings. The summed E-state index contributed by atoms with van der Waals surface area (Å²) >= 11 is 10.4. The van der Waals surface area contributed by atoms with Crippen LogP contribution in [0.1, 0.15) is 5.56 Å². The van der Waals surface area contributed by atoms with Gasteiger partial charge in [-0.2, -0.15) is 5.10 Å². The molecule has 1 aromatic carbocycles. The molecule has 0 aliphatic carbocycles. The number of rotatable bonds is 4. The van der Waals surface area contributed by atoms with Crippen molar-refractivity contribution in [3.05, 3.63) is 45.0 Å². The number of non-ortho nitro benzene ring substituents is 1. The molecule has 1 aromatic rings. The molecule has 0 radical (unpaired) electrons. The molecular weight excluding hydrogens is 276 g/mol. The minimum absolute atomic E-state index is 0.0205. The van der Waals surface area contributed by atoms with Crippen molar-refractivity contribution in [2.75, 3.05) is 0 Å². The largest absolute Gasteiger partial charge is 0.375 e. The van der Waals surface area contributed by atoms with E-state index >= 15 is 0 Å². The van der Waals surface area contributed by atoms with E-state index in [1.165, 1.54) is 18.3 Å². The highest BCUT2D eigenvalue weighted by atomic mass is 35.5. The van der Waals surface area contributed by atoms with E-state index in [0.29, 0.717) is 10.6 Å². The third-order valence-corrected chi connectivity index (χ3v) is 2.07. The zero-order chi connectivity index (χ0) is 13.5. The summed E-state index contributed by atoms with van der Waals surface area (Å²) in [5.74, 6) is 0. The average molecular weight is 285 g/mol. The second kappa shape index (κ2) is 6.67. The summed E-state index contributed by atoms with van der Waals surface area (Å²) in [4.78, 5) is 9.98. The summed E-state index contributed by atoms with van der Waals surface area (Å²) in [6, 6.07) is 5.94. The molecule has 6 nitrogen and oxygen atoms in total. The summed E-state index contributed by atoms with van der Waals surface area (Å²) < 4.78 is 0. The third-order valence-electron chi connectivity index (χ3n) is 1.77. The van der Waals surface area contributed by atoms with Crippen molar-refractivity contribution in [2.45, 2.75) is 0 Å². The van der Waals surface area contributed by atoms with E-state index in [-0.39, 0.29) is 10.8 Å². The molecule has 0 spiro atoms. The van der Waals surface area contributed by atoms with E-state index in [2.05, 4.69) is 22.7 Å². The van der Waals surface area contributed by atoms with Crippen LogP contribution < -0.4 is 11.2 Å². The molecule has 0 aliphatic rings. The fourth-order valence-electron chi connectivity index (χ4n) is 1.05. The van der Waals surface area contributed by atoms with Crippen LogP contribution in [0, 0.1) is 10.1 Å². The Balaban J connectivity index is 2.73. The fraction of sp³-hybridized carbons (Fsp3) is 0. The first-order chi connectivity index (χ1) is 8.49. The number of nitrogens with two attached hydrogens (primary N) is 1. The number of nitrogens with zero attached hydrogens (tertiary/aromatic N) is 2. The van der Waals surface area contributed by atoms with Crippen molar-refractivity contribution in [3.63, 3.8) is 0 Å². The van der Waals surface area contributed by atoms with Crippen molar-refractivity contribution in [2.24, 2.45) is 10.8 Å². The average Bonchev–Trinajstić information content (AvgIpc) is 2.29. The molecule has 94 valence electrons. The maximum Gasteiger partial charge on any atom is 0.269 e. The summed E-state index contributed by atoms with van der Waals surface area (Å²) in [7, 11) is 0. The topological polar surface area (TPSA) is 93.5 Å². The molecule has 0 aliphatic heterocycles. The smallest absolute Gasteiger partial charge is 0.269 e. The lowest BCUT2D eigenvalue weighted by atomic mass is 10.2. The highest BCUT2D eigenvalue weighted by molar-refractivity contribution is 7.80. The van der Waals surface area contributed by atoms with E-state index < -0.39 is 4.92 Å². The van der Waals surface area contributed by atoms with E-state index in [1.807, 2.05) is 0 Å². The van der Waals surface area contributed by atoms with Gasteiger partial charge in [-0.05, 0) is 36.0 Å². The number of thiocarbonyl (C=S) groups is 1. The fourth-order valence-corrected chi connectivity index (χ4v) is 1.27. The third kappa shape index (κ3) is 4.89. The molecule has 0 saturated heterocycles. The zero-order valence-corrected chi connectivity index (χ0v) is 10.6. The normalized spacial score (nSPS) is 11.5. The molecule has 8 heteroatoms. The van der Waals surface area contributed by atoms with Crippen LogP contribution in [0.15, 0.2) is 34.4 Å². The van der Waals surface area contributed by atoms with Gasteiger partial charge in [0, 0.05) is 12.1 Å². The van der Waals surface area contributed by atoms with Gasteiger partial charge in [-0.15, -0.1) is 0 Å². The number of benzene rings is 1. The van der Waals surface area contributed by atoms with Crippen LogP contribution in [-0.4, -0.2) is 16.3 Å². The number of allylic oxidation sites excluding steroid dienone is 1. The quantitative estimate of drug-likeness (QED) is 0.382. The SMILES string of the molecule is NC(=S)NN=CC(Cl)=Cc1ccc([N+](=O)[O-])cc1. The molecule has 18 heavy (non-hydrogen) atoms. The molecule has 0 atom stereocenters. The molecule has 0 amide bonds. The highest BCUT2D eigenvalue weighted by Crippen LogP contribution is 2.14. The van der Waals surface area contributed by atoms with E-state index in [9.17, 15) is 10.1 Å². The maximum absolute atomic E-state index is 10.5. The second-order valence-electron chi connectivity index (χ2n) is 3.11. The van der Waals surface area contributed by atoms with Crippen molar-refractivity contribution in [1.29, 1.82) is 0 Å². The number of nitro benzene ring substituents is 1. The van der Waals surface area contributed by atoms with Gasteiger partial charge in [0.15, 0.2) is 5.11 Å². The van der Waals surface area contributed by atoms with Crippen LogP contribution in [-0.2, 0) is 0 Å². The maximum atomic E-state index is 10.5. The minimum Gasteiger partial charge on any atom is -0.375 e. The highest BCUT2D eigenvalue weighted by Gasteiger charge is 2.02. The predicted octanol–water partition coefficient (Wildman–Crippen LogP) is 1.99. The molecule has 3 N–H and O–H groups in total. The first-order valence-electron chi connectivity index (χ1n) is 4.69. The number of nitrogens with one attached hydrogen (secondary N) is 1. The standard InChI is InChI=1S/C10H9ClN4O2S/c11-8(6-13-14-10(12)18)5-7-1-3-9(4-2-7)15(16)17/h1-6H,(H3,12,14,18). The van der Waals surface area contributed by atoms with Crippen LogP contribution in [0.25, 0.3) is 6.08 Å². The van der Waals surface area contributed by atoms with Crippen molar-refractivity contribution in [1.82, 2.24) is 5.43 Å². The number of nitro groups is 1. The Labute approximate surface area is 113 Å². The van der Waals surface area contributed by atoms with Gasteiger partial charge in [0.2, 0.25) is 0 Å². The molecule has 0 saturated carbocycles. The predicted molar refractivity (Wildman–Crippen MR) is 75.3 cm³/mol. The van der Waals surface area contributed by atoms with Gasteiger partial charge in [0.05, 0.1) is 16.2 Å². The van der Waals surface area contributed by atoms with Gasteiger partial charge in [-0.25, -0.2) is 0 Å². The van der Waals surface area contributed by atoms with E-state index in [0.717, 1.165) is 0 Å². The molecule has 0 unspecified atom stereocenters. The lowest BCUT2D eigenvalue weighted by molar-refractivity contribution is -0.384. The molecular formula is C10H9ClN4O2S. The van der Waals surface area contributed by atoms with Gasteiger partial charge in [0.1, 0.15) is 0 Å². The zero-order valence-electron chi connectivity index (χ0n) is 9.04. The van der Waals surface area contributed by atoms with Crippen molar-refractivity contribution in [3.8, 4) is 0 Å². The molecule has 0 aromatic heterocycles. The Morgan fingerprint density at radius 2 is 2.11 bits per heavy atom. The van der Waals surface area contributed by atoms with Crippen molar-refractivity contribution >= 4 is 46.9 Å². The second-order valence-corrected chi connectivity index (χ2v) is 3.99. The van der Waals surface area contributed by atoms with Crippen LogP contribution >= 0.6 is 23.8 Å².